The van der Waals surface area contributed by atoms with E-state index in [1.54, 1.807) is 0 Å². The summed E-state index contributed by atoms with van der Waals surface area (Å²) < 4.78 is 12.9. The Balaban J connectivity index is 1.20. The molecule has 0 radical (unpaired) electrons. The lowest BCUT2D eigenvalue weighted by Crippen LogP contribution is -2.16. The van der Waals surface area contributed by atoms with E-state index in [4.69, 9.17) is 9.47 Å². The molecule has 0 saturated carbocycles. The van der Waals surface area contributed by atoms with E-state index in [9.17, 15) is 0 Å². The second-order valence-corrected chi connectivity index (χ2v) is 16.1. The normalized spacial score (nSPS) is 12.8. The quantitative estimate of drug-likeness (QED) is 0.162. The van der Waals surface area contributed by atoms with Crippen molar-refractivity contribution in [3.63, 3.8) is 0 Å². The van der Waals surface area contributed by atoms with Crippen LogP contribution in [0.5, 0.6) is 23.0 Å². The van der Waals surface area contributed by atoms with Crippen molar-refractivity contribution in [3.8, 4) is 45.3 Å². The van der Waals surface area contributed by atoms with E-state index < -0.39 is 0 Å². The zero-order chi connectivity index (χ0) is 41.3. The van der Waals surface area contributed by atoms with Crippen molar-refractivity contribution in [1.82, 2.24) is 0 Å². The van der Waals surface area contributed by atoms with E-state index in [0.717, 1.165) is 57.1 Å². The molecule has 2 aliphatic rings. The Morgan fingerprint density at radius 2 is 0.823 bits per heavy atom. The molecule has 0 saturated heterocycles. The average Bonchev–Trinajstić information content (AvgIpc) is 3.32. The summed E-state index contributed by atoms with van der Waals surface area (Å²) in [5.74, 6) is 3.32. The van der Waals surface area contributed by atoms with Crippen LogP contribution in [0.4, 0.5) is 34.1 Å². The Morgan fingerprint density at radius 1 is 0.387 bits per heavy atom. The molecule has 0 fully saturated rings. The van der Waals surface area contributed by atoms with Gasteiger partial charge >= 0.3 is 0 Å². The van der Waals surface area contributed by atoms with E-state index in [0.29, 0.717) is 0 Å². The van der Waals surface area contributed by atoms with Gasteiger partial charge in [-0.1, -0.05) is 127 Å². The van der Waals surface area contributed by atoms with Gasteiger partial charge in [0.2, 0.25) is 0 Å². The van der Waals surface area contributed by atoms with Crippen molar-refractivity contribution in [3.05, 3.63) is 211 Å². The number of fused-ring (bicyclic) bond motifs is 7. The Labute approximate surface area is 360 Å². The van der Waals surface area contributed by atoms with Gasteiger partial charge in [-0.05, 0) is 158 Å². The molecule has 0 bridgehead atoms. The minimum Gasteiger partial charge on any atom is -0.453 e. The molecular weight excluding hydrogens is 757 g/mol. The first-order valence-corrected chi connectivity index (χ1v) is 21.2. The topological polar surface area (TPSA) is 24.9 Å². The van der Waals surface area contributed by atoms with Crippen LogP contribution in [0, 0.1) is 6.92 Å². The zero-order valence-electron chi connectivity index (χ0n) is 34.3. The summed E-state index contributed by atoms with van der Waals surface area (Å²) in [6, 6.07) is 69.7. The van der Waals surface area contributed by atoms with Gasteiger partial charge in [-0.25, -0.2) is 0 Å². The second kappa shape index (κ2) is 14.3. The summed E-state index contributed by atoms with van der Waals surface area (Å²) in [6.07, 6.45) is 4.30. The molecule has 0 atom stereocenters. The summed E-state index contributed by atoms with van der Waals surface area (Å²) in [7, 11) is 0. The molecule has 0 aliphatic carbocycles. The van der Waals surface area contributed by atoms with E-state index in [-0.39, 0.29) is 0 Å². The number of anilines is 6. The van der Waals surface area contributed by atoms with Crippen LogP contribution in [0.15, 0.2) is 200 Å². The first-order valence-electron chi connectivity index (χ1n) is 21.2. The summed E-state index contributed by atoms with van der Waals surface area (Å²) >= 11 is 0. The molecule has 4 nitrogen and oxygen atoms in total. The summed E-state index contributed by atoms with van der Waals surface area (Å²) in [5, 5.41) is 7.12. The van der Waals surface area contributed by atoms with Crippen LogP contribution >= 0.6 is 0 Å². The highest BCUT2D eigenvalue weighted by atomic mass is 16.5. The molecule has 4 heteroatoms. The predicted octanol–water partition coefficient (Wildman–Crippen LogP) is 17.0. The van der Waals surface area contributed by atoms with Gasteiger partial charge in [0.25, 0.3) is 0 Å². The first-order chi connectivity index (χ1) is 30.6. The minimum absolute atomic E-state index is 0.829. The molecule has 0 amide bonds. The molecule has 0 unspecified atom stereocenters. The van der Waals surface area contributed by atoms with Gasteiger partial charge in [0.1, 0.15) is 0 Å². The van der Waals surface area contributed by atoms with Crippen molar-refractivity contribution < 1.29 is 9.47 Å². The molecule has 0 N–H and O–H groups in total. The van der Waals surface area contributed by atoms with Crippen LogP contribution in [0.25, 0.3) is 60.6 Å². The second-order valence-electron chi connectivity index (χ2n) is 16.1. The van der Waals surface area contributed by atoms with E-state index in [1.807, 2.05) is 48.5 Å². The molecule has 10 aromatic rings. The molecule has 62 heavy (non-hydrogen) atoms. The Bertz CT molecular complexity index is 3380. The lowest BCUT2D eigenvalue weighted by molar-refractivity contribution is 0.477. The van der Waals surface area contributed by atoms with Crippen molar-refractivity contribution >= 4 is 72.5 Å². The van der Waals surface area contributed by atoms with E-state index in [2.05, 4.69) is 181 Å². The lowest BCUT2D eigenvalue weighted by Gasteiger charge is -2.33. The average molecular weight is 797 g/mol. The number of nitrogens with zero attached hydrogens (tertiary/aromatic N) is 2. The highest BCUT2D eigenvalue weighted by Gasteiger charge is 2.29. The Morgan fingerprint density at radius 3 is 1.31 bits per heavy atom. The molecule has 10 aromatic carbocycles. The largest absolute Gasteiger partial charge is 0.453 e. The number of rotatable bonds is 5. The standard InChI is InChI=1S/C58H40N2O2/c1-3-14-38-25-27-41(33-37(38)2)57-45-31-29-44(60-51-19-8-12-23-55(51)62-56-24-13-9-20-52(56)60)36-48(45)58(42-28-26-39-15-4-5-16-40(39)34-42)46-32-30-43(35-47(46)57)59-49-17-6-10-21-53(49)61-54-22-11-7-18-50(54)59/h3-36H,1-2H3/b14-3-. The van der Waals surface area contributed by atoms with Gasteiger partial charge in [0.05, 0.1) is 22.7 Å². The fourth-order valence-electron chi connectivity index (χ4n) is 9.61. The van der Waals surface area contributed by atoms with Crippen LogP contribution < -0.4 is 19.3 Å². The maximum absolute atomic E-state index is 6.47. The summed E-state index contributed by atoms with van der Waals surface area (Å²) in [4.78, 5) is 4.68. The van der Waals surface area contributed by atoms with Crippen molar-refractivity contribution in [2.45, 2.75) is 13.8 Å². The zero-order valence-corrected chi connectivity index (χ0v) is 34.3. The van der Waals surface area contributed by atoms with Crippen LogP contribution in [0.1, 0.15) is 18.1 Å². The number of benzene rings is 10. The van der Waals surface area contributed by atoms with Gasteiger partial charge < -0.3 is 19.3 Å². The van der Waals surface area contributed by atoms with E-state index in [1.165, 1.54) is 65.7 Å². The number of ether oxygens (including phenoxy) is 2. The molecule has 2 aliphatic heterocycles. The molecule has 0 spiro atoms. The third-order valence-corrected chi connectivity index (χ3v) is 12.4. The third kappa shape index (κ3) is 5.68. The predicted molar refractivity (Wildman–Crippen MR) is 259 cm³/mol. The maximum Gasteiger partial charge on any atom is 0.151 e. The number of hydrogen-bond acceptors (Lipinski definition) is 4. The fourth-order valence-corrected chi connectivity index (χ4v) is 9.61. The molecule has 294 valence electrons. The summed E-state index contributed by atoms with van der Waals surface area (Å²) in [5.41, 5.74) is 13.3. The minimum atomic E-state index is 0.829. The van der Waals surface area contributed by atoms with Gasteiger partial charge in [-0.2, -0.15) is 0 Å². The van der Waals surface area contributed by atoms with Crippen molar-refractivity contribution in [1.29, 1.82) is 0 Å². The number of hydrogen-bond donors (Lipinski definition) is 0. The maximum atomic E-state index is 6.47. The van der Waals surface area contributed by atoms with E-state index >= 15 is 0 Å². The monoisotopic (exact) mass is 796 g/mol. The Hall–Kier alpha value is -8.08. The Kier molecular flexibility index (Phi) is 8.26. The van der Waals surface area contributed by atoms with Crippen LogP contribution in [-0.4, -0.2) is 0 Å². The highest BCUT2D eigenvalue weighted by Crippen LogP contribution is 2.54. The molecule has 2 heterocycles. The lowest BCUT2D eigenvalue weighted by atomic mass is 9.84. The van der Waals surface area contributed by atoms with Crippen molar-refractivity contribution in [2.24, 2.45) is 0 Å². The number of allylic oxidation sites excluding steroid dienone is 1. The van der Waals surface area contributed by atoms with Gasteiger partial charge in [0, 0.05) is 11.4 Å². The van der Waals surface area contributed by atoms with Crippen LogP contribution in [-0.2, 0) is 0 Å². The smallest absolute Gasteiger partial charge is 0.151 e. The molecular formula is C58H40N2O2. The summed E-state index contributed by atoms with van der Waals surface area (Å²) in [6.45, 7) is 4.29. The van der Waals surface area contributed by atoms with Crippen molar-refractivity contribution in [2.75, 3.05) is 9.80 Å². The first kappa shape index (κ1) is 35.8. The third-order valence-electron chi connectivity index (χ3n) is 12.4. The highest BCUT2D eigenvalue weighted by molar-refractivity contribution is 6.23. The molecule has 0 aromatic heterocycles. The van der Waals surface area contributed by atoms with Gasteiger partial charge in [-0.3, -0.25) is 0 Å². The van der Waals surface area contributed by atoms with Gasteiger partial charge in [0.15, 0.2) is 23.0 Å². The SMILES string of the molecule is C/C=C\c1ccc(-c2c3ccc(N4c5ccccc5Oc5ccccc54)cc3c(-c3ccc4ccccc4c3)c3ccc(N4c5ccccc5Oc5ccccc54)cc23)cc1C. The molecule has 12 rings (SSSR count). The van der Waals surface area contributed by atoms with Crippen LogP contribution in [0.3, 0.4) is 0 Å². The van der Waals surface area contributed by atoms with Gasteiger partial charge in [-0.15, -0.1) is 0 Å². The number of para-hydroxylation sites is 8. The fraction of sp³-hybridized carbons (Fsp3) is 0.0345. The van der Waals surface area contributed by atoms with Crippen LogP contribution in [0.2, 0.25) is 0 Å². The number of aryl methyl sites for hydroxylation is 1.